The summed E-state index contributed by atoms with van der Waals surface area (Å²) in [6, 6.07) is 0. The van der Waals surface area contributed by atoms with Crippen LogP contribution in [0, 0.1) is 5.92 Å². The van der Waals surface area contributed by atoms with Gasteiger partial charge in [0.2, 0.25) is 0 Å². The highest BCUT2D eigenvalue weighted by Crippen LogP contribution is 2.18. The monoisotopic (exact) mass is 217 g/mol. The van der Waals surface area contributed by atoms with Crippen LogP contribution >= 0.6 is 23.1 Å². The maximum absolute atomic E-state index is 5.51. The van der Waals surface area contributed by atoms with Crippen LogP contribution in [0.2, 0.25) is 0 Å². The number of hydrogen-bond acceptors (Lipinski definition) is 5. The average Bonchev–Trinajstić information content (AvgIpc) is 2.51. The molecule has 1 unspecified atom stereocenters. The van der Waals surface area contributed by atoms with Gasteiger partial charge in [-0.3, -0.25) is 0 Å². The van der Waals surface area contributed by atoms with Crippen LogP contribution in [-0.2, 0) is 5.75 Å². The summed E-state index contributed by atoms with van der Waals surface area (Å²) in [5.41, 5.74) is 12.1. The number of hydrogen-bond donors (Lipinski definition) is 2. The van der Waals surface area contributed by atoms with Crippen molar-refractivity contribution in [2.75, 3.05) is 18.0 Å². The van der Waals surface area contributed by atoms with E-state index in [0.717, 1.165) is 23.7 Å². The molecule has 0 saturated heterocycles. The van der Waals surface area contributed by atoms with Gasteiger partial charge in [0.1, 0.15) is 0 Å². The minimum absolute atomic E-state index is 0.584. The zero-order valence-electron chi connectivity index (χ0n) is 7.69. The van der Waals surface area contributed by atoms with Gasteiger partial charge >= 0.3 is 0 Å². The molecule has 13 heavy (non-hydrogen) atoms. The first-order valence-corrected chi connectivity index (χ1v) is 6.23. The van der Waals surface area contributed by atoms with Gasteiger partial charge < -0.3 is 11.5 Å². The van der Waals surface area contributed by atoms with Gasteiger partial charge in [0.25, 0.3) is 0 Å². The predicted molar refractivity (Wildman–Crippen MR) is 60.9 cm³/mol. The highest BCUT2D eigenvalue weighted by molar-refractivity contribution is 7.98. The lowest BCUT2D eigenvalue weighted by atomic mass is 10.2. The van der Waals surface area contributed by atoms with E-state index in [1.807, 2.05) is 17.1 Å². The number of anilines is 1. The summed E-state index contributed by atoms with van der Waals surface area (Å²) in [5.74, 6) is 2.62. The topological polar surface area (TPSA) is 64.9 Å². The molecule has 0 aliphatic rings. The maximum Gasteiger partial charge on any atom is 0.180 e. The fourth-order valence-electron chi connectivity index (χ4n) is 0.822. The highest BCUT2D eigenvalue weighted by atomic mass is 32.2. The van der Waals surface area contributed by atoms with Crippen molar-refractivity contribution in [3.8, 4) is 0 Å². The Hall–Kier alpha value is -0.260. The Morgan fingerprint density at radius 2 is 2.46 bits per heavy atom. The SMILES string of the molecule is CC(CN)CSCc1csc(N)n1. The molecule has 0 radical (unpaired) electrons. The number of nitrogen functional groups attached to an aromatic ring is 1. The van der Waals surface area contributed by atoms with Gasteiger partial charge in [0, 0.05) is 11.1 Å². The van der Waals surface area contributed by atoms with Crippen molar-refractivity contribution in [1.29, 1.82) is 0 Å². The molecule has 74 valence electrons. The molecule has 0 saturated carbocycles. The van der Waals surface area contributed by atoms with Crippen molar-refractivity contribution in [2.45, 2.75) is 12.7 Å². The first kappa shape index (κ1) is 10.8. The zero-order chi connectivity index (χ0) is 9.68. The summed E-state index contributed by atoms with van der Waals surface area (Å²) >= 11 is 3.36. The Morgan fingerprint density at radius 1 is 1.69 bits per heavy atom. The summed E-state index contributed by atoms with van der Waals surface area (Å²) in [6.45, 7) is 2.91. The van der Waals surface area contributed by atoms with Crippen molar-refractivity contribution < 1.29 is 0 Å². The van der Waals surface area contributed by atoms with Crippen molar-refractivity contribution in [2.24, 2.45) is 11.7 Å². The Bertz CT molecular complexity index is 249. The van der Waals surface area contributed by atoms with Gasteiger partial charge in [0.15, 0.2) is 5.13 Å². The van der Waals surface area contributed by atoms with Gasteiger partial charge in [-0.05, 0) is 18.2 Å². The fraction of sp³-hybridized carbons (Fsp3) is 0.625. The van der Waals surface area contributed by atoms with Gasteiger partial charge in [-0.25, -0.2) is 4.98 Å². The number of aromatic nitrogens is 1. The Kier molecular flexibility index (Phi) is 4.55. The van der Waals surface area contributed by atoms with Crippen LogP contribution in [0.5, 0.6) is 0 Å². The molecule has 0 amide bonds. The number of thioether (sulfide) groups is 1. The molecule has 1 rings (SSSR count). The Morgan fingerprint density at radius 3 is 3.00 bits per heavy atom. The number of rotatable bonds is 5. The number of thiazole rings is 1. The van der Waals surface area contributed by atoms with Crippen LogP contribution < -0.4 is 11.5 Å². The quantitative estimate of drug-likeness (QED) is 0.785. The van der Waals surface area contributed by atoms with E-state index < -0.39 is 0 Å². The van der Waals surface area contributed by atoms with E-state index in [9.17, 15) is 0 Å². The van der Waals surface area contributed by atoms with Gasteiger partial charge in [-0.1, -0.05) is 6.92 Å². The van der Waals surface area contributed by atoms with E-state index in [0.29, 0.717) is 11.0 Å². The van der Waals surface area contributed by atoms with Crippen molar-refractivity contribution in [1.82, 2.24) is 4.98 Å². The van der Waals surface area contributed by atoms with Crippen molar-refractivity contribution >= 4 is 28.2 Å². The third-order valence-corrected chi connectivity index (χ3v) is 3.65. The first-order chi connectivity index (χ1) is 6.22. The van der Waals surface area contributed by atoms with E-state index in [2.05, 4.69) is 11.9 Å². The molecule has 0 aliphatic heterocycles. The highest BCUT2D eigenvalue weighted by Gasteiger charge is 2.01. The zero-order valence-corrected chi connectivity index (χ0v) is 9.33. The third-order valence-electron chi connectivity index (χ3n) is 1.62. The molecule has 0 aromatic carbocycles. The van der Waals surface area contributed by atoms with Crippen LogP contribution in [0.25, 0.3) is 0 Å². The molecule has 0 spiro atoms. The summed E-state index contributed by atoms with van der Waals surface area (Å²) < 4.78 is 0. The molecule has 1 atom stereocenters. The van der Waals surface area contributed by atoms with Gasteiger partial charge in [-0.2, -0.15) is 11.8 Å². The second kappa shape index (κ2) is 5.47. The summed E-state index contributed by atoms with van der Waals surface area (Å²) in [7, 11) is 0. The van der Waals surface area contributed by atoms with E-state index in [1.54, 1.807) is 0 Å². The van der Waals surface area contributed by atoms with Gasteiger partial charge in [-0.15, -0.1) is 11.3 Å². The van der Waals surface area contributed by atoms with Crippen LogP contribution in [-0.4, -0.2) is 17.3 Å². The molecule has 1 heterocycles. The standard InChI is InChI=1S/C8H15N3S2/c1-6(2-9)3-12-4-7-5-13-8(10)11-7/h5-6H,2-4,9H2,1H3,(H2,10,11). The van der Waals surface area contributed by atoms with Crippen LogP contribution in [0.4, 0.5) is 5.13 Å². The summed E-state index contributed by atoms with van der Waals surface area (Å²) in [6.07, 6.45) is 0. The van der Waals surface area contributed by atoms with Crippen molar-refractivity contribution in [3.05, 3.63) is 11.1 Å². The molecule has 1 aromatic heterocycles. The molecule has 0 aliphatic carbocycles. The normalized spacial score (nSPS) is 13.1. The minimum atomic E-state index is 0.584. The number of nitrogens with zero attached hydrogens (tertiary/aromatic N) is 1. The molecular weight excluding hydrogens is 202 g/mol. The van der Waals surface area contributed by atoms with Crippen molar-refractivity contribution in [3.63, 3.8) is 0 Å². The summed E-state index contributed by atoms with van der Waals surface area (Å²) in [4.78, 5) is 4.18. The Labute approximate surface area is 86.9 Å². The lowest BCUT2D eigenvalue weighted by Crippen LogP contribution is -2.12. The second-order valence-electron chi connectivity index (χ2n) is 3.03. The third kappa shape index (κ3) is 3.97. The first-order valence-electron chi connectivity index (χ1n) is 4.20. The minimum Gasteiger partial charge on any atom is -0.375 e. The molecule has 1 aromatic rings. The molecule has 3 nitrogen and oxygen atoms in total. The van der Waals surface area contributed by atoms with E-state index in [4.69, 9.17) is 11.5 Å². The fourth-order valence-corrected chi connectivity index (χ4v) is 2.50. The van der Waals surface area contributed by atoms with Crippen LogP contribution in [0.1, 0.15) is 12.6 Å². The predicted octanol–water partition coefficient (Wildman–Crippen LogP) is 1.55. The molecule has 5 heteroatoms. The molecular formula is C8H15N3S2. The molecule has 4 N–H and O–H groups in total. The largest absolute Gasteiger partial charge is 0.375 e. The van der Waals surface area contributed by atoms with E-state index >= 15 is 0 Å². The van der Waals surface area contributed by atoms with E-state index in [1.165, 1.54) is 11.3 Å². The summed E-state index contributed by atoms with van der Waals surface area (Å²) in [5, 5.41) is 2.66. The average molecular weight is 217 g/mol. The van der Waals surface area contributed by atoms with E-state index in [-0.39, 0.29) is 0 Å². The second-order valence-corrected chi connectivity index (χ2v) is 4.95. The maximum atomic E-state index is 5.51. The van der Waals surface area contributed by atoms with Crippen LogP contribution in [0.3, 0.4) is 0 Å². The van der Waals surface area contributed by atoms with Crippen LogP contribution in [0.15, 0.2) is 5.38 Å². The lowest BCUT2D eigenvalue weighted by molar-refractivity contribution is 0.675. The Balaban J connectivity index is 2.20. The number of nitrogens with two attached hydrogens (primary N) is 2. The lowest BCUT2D eigenvalue weighted by Gasteiger charge is -2.05. The smallest absolute Gasteiger partial charge is 0.180 e. The van der Waals surface area contributed by atoms with Gasteiger partial charge in [0.05, 0.1) is 5.69 Å². The molecule has 0 fully saturated rings. The molecule has 0 bridgehead atoms.